The van der Waals surface area contributed by atoms with Crippen LogP contribution in [0.25, 0.3) is 0 Å². The van der Waals surface area contributed by atoms with Crippen LogP contribution in [-0.2, 0) is 16.3 Å². The number of aldehydes is 1. The Balaban J connectivity index is 2.80. The average molecular weight is 211 g/mol. The highest BCUT2D eigenvalue weighted by molar-refractivity contribution is 7.92. The van der Waals surface area contributed by atoms with Crippen molar-refractivity contribution in [3.8, 4) is 0 Å². The molecule has 1 rings (SSSR count). The van der Waals surface area contributed by atoms with E-state index in [0.717, 1.165) is 11.8 Å². The lowest BCUT2D eigenvalue weighted by Crippen LogP contribution is -1.92. The van der Waals surface area contributed by atoms with Crippen molar-refractivity contribution in [2.24, 2.45) is 4.36 Å². The molecule has 4 heteroatoms. The highest BCUT2D eigenvalue weighted by Gasteiger charge is 1.94. The zero-order chi connectivity index (χ0) is 10.6. The zero-order valence-electron chi connectivity index (χ0n) is 8.27. The molecule has 0 aliphatic rings. The SMILES string of the molecule is CS(C)(=O)=NCc1ccc(C=O)cc1. The Morgan fingerprint density at radius 1 is 1.29 bits per heavy atom. The van der Waals surface area contributed by atoms with Gasteiger partial charge >= 0.3 is 0 Å². The minimum Gasteiger partial charge on any atom is -0.298 e. The summed E-state index contributed by atoms with van der Waals surface area (Å²) in [5, 5.41) is 0. The molecule has 0 unspecified atom stereocenters. The van der Waals surface area contributed by atoms with Crippen molar-refractivity contribution in [3.63, 3.8) is 0 Å². The van der Waals surface area contributed by atoms with Gasteiger partial charge in [-0.2, -0.15) is 0 Å². The van der Waals surface area contributed by atoms with Crippen LogP contribution >= 0.6 is 0 Å². The molecule has 0 spiro atoms. The van der Waals surface area contributed by atoms with E-state index in [9.17, 15) is 9.00 Å². The smallest absolute Gasteiger partial charge is 0.150 e. The molecule has 14 heavy (non-hydrogen) atoms. The summed E-state index contributed by atoms with van der Waals surface area (Å²) in [6.07, 6.45) is 4.00. The van der Waals surface area contributed by atoms with Gasteiger partial charge in [0.2, 0.25) is 0 Å². The molecule has 0 fully saturated rings. The lowest BCUT2D eigenvalue weighted by atomic mass is 10.1. The van der Waals surface area contributed by atoms with Crippen molar-refractivity contribution in [2.45, 2.75) is 6.54 Å². The monoisotopic (exact) mass is 211 g/mol. The third-order valence-electron chi connectivity index (χ3n) is 1.67. The van der Waals surface area contributed by atoms with Gasteiger partial charge in [-0.15, -0.1) is 0 Å². The first-order valence-corrected chi connectivity index (χ1v) is 6.51. The van der Waals surface area contributed by atoms with Gasteiger partial charge in [0.25, 0.3) is 0 Å². The summed E-state index contributed by atoms with van der Waals surface area (Å²) in [4.78, 5) is 10.4. The molecule has 0 aliphatic carbocycles. The minimum absolute atomic E-state index is 0.435. The van der Waals surface area contributed by atoms with Crippen molar-refractivity contribution in [3.05, 3.63) is 35.4 Å². The van der Waals surface area contributed by atoms with Gasteiger partial charge in [0.05, 0.1) is 6.54 Å². The van der Waals surface area contributed by atoms with E-state index in [1.54, 1.807) is 24.6 Å². The van der Waals surface area contributed by atoms with Crippen LogP contribution in [0.5, 0.6) is 0 Å². The quantitative estimate of drug-likeness (QED) is 0.715. The summed E-state index contributed by atoms with van der Waals surface area (Å²) < 4.78 is 15.3. The van der Waals surface area contributed by atoms with Gasteiger partial charge in [0.1, 0.15) is 6.29 Å². The van der Waals surface area contributed by atoms with Gasteiger partial charge in [0.15, 0.2) is 0 Å². The molecule has 0 atom stereocenters. The fourth-order valence-electron chi connectivity index (χ4n) is 0.932. The number of hydrogen-bond donors (Lipinski definition) is 0. The van der Waals surface area contributed by atoms with Gasteiger partial charge in [-0.25, -0.2) is 4.36 Å². The van der Waals surface area contributed by atoms with E-state index in [4.69, 9.17) is 0 Å². The molecule has 0 radical (unpaired) electrons. The van der Waals surface area contributed by atoms with Crippen molar-refractivity contribution in [1.82, 2.24) is 0 Å². The average Bonchev–Trinajstić information content (AvgIpc) is 2.14. The van der Waals surface area contributed by atoms with Crippen molar-refractivity contribution in [1.29, 1.82) is 0 Å². The second kappa shape index (κ2) is 4.37. The standard InChI is InChI=1S/C10H13NO2S/c1-14(2,13)11-7-9-3-5-10(8-12)6-4-9/h3-6,8H,7H2,1-2H3. The number of rotatable bonds is 3. The molecule has 0 bridgehead atoms. The van der Waals surface area contributed by atoms with Gasteiger partial charge in [-0.3, -0.25) is 9.00 Å². The van der Waals surface area contributed by atoms with Crippen LogP contribution in [-0.4, -0.2) is 23.0 Å². The van der Waals surface area contributed by atoms with E-state index in [1.165, 1.54) is 0 Å². The summed E-state index contributed by atoms with van der Waals surface area (Å²) in [5.41, 5.74) is 1.61. The summed E-state index contributed by atoms with van der Waals surface area (Å²) in [7, 11) is -2.03. The number of carbonyl (C=O) groups is 1. The predicted molar refractivity (Wildman–Crippen MR) is 58.0 cm³/mol. The molecule has 0 aromatic heterocycles. The molecule has 1 aromatic carbocycles. The third-order valence-corrected chi connectivity index (χ3v) is 2.42. The minimum atomic E-state index is -2.03. The Hall–Kier alpha value is -1.16. The van der Waals surface area contributed by atoms with E-state index in [0.29, 0.717) is 12.1 Å². The van der Waals surface area contributed by atoms with E-state index in [-0.39, 0.29) is 0 Å². The largest absolute Gasteiger partial charge is 0.298 e. The first-order chi connectivity index (χ1) is 6.51. The summed E-state index contributed by atoms with van der Waals surface area (Å²) in [5.74, 6) is 0. The molecular weight excluding hydrogens is 198 g/mol. The van der Waals surface area contributed by atoms with Crippen LogP contribution in [0.4, 0.5) is 0 Å². The van der Waals surface area contributed by atoms with Crippen LogP contribution in [0, 0.1) is 0 Å². The van der Waals surface area contributed by atoms with Crippen molar-refractivity contribution < 1.29 is 9.00 Å². The molecular formula is C10H13NO2S. The highest BCUT2D eigenvalue weighted by Crippen LogP contribution is 2.04. The number of nitrogens with zero attached hydrogens (tertiary/aromatic N) is 1. The fourth-order valence-corrected chi connectivity index (χ4v) is 1.39. The fraction of sp³-hybridized carbons (Fsp3) is 0.300. The Morgan fingerprint density at radius 3 is 2.29 bits per heavy atom. The van der Waals surface area contributed by atoms with Gasteiger partial charge in [-0.05, 0) is 5.56 Å². The maximum absolute atomic E-state index is 11.3. The molecule has 0 N–H and O–H groups in total. The number of carbonyl (C=O) groups excluding carboxylic acids is 1. The number of benzene rings is 1. The Kier molecular flexibility index (Phi) is 3.41. The van der Waals surface area contributed by atoms with Gasteiger partial charge in [-0.1, -0.05) is 24.3 Å². The lowest BCUT2D eigenvalue weighted by molar-refractivity contribution is 0.112. The highest BCUT2D eigenvalue weighted by atomic mass is 32.2. The lowest BCUT2D eigenvalue weighted by Gasteiger charge is -1.98. The summed E-state index contributed by atoms with van der Waals surface area (Å²) in [6, 6.07) is 7.09. The van der Waals surface area contributed by atoms with E-state index in [2.05, 4.69) is 4.36 Å². The molecule has 1 aromatic rings. The molecule has 0 aliphatic heterocycles. The molecule has 3 nitrogen and oxygen atoms in total. The molecule has 76 valence electrons. The molecule has 0 amide bonds. The van der Waals surface area contributed by atoms with Crippen molar-refractivity contribution >= 4 is 16.0 Å². The zero-order valence-corrected chi connectivity index (χ0v) is 9.08. The summed E-state index contributed by atoms with van der Waals surface area (Å²) in [6.45, 7) is 0.435. The second-order valence-electron chi connectivity index (χ2n) is 3.33. The number of hydrogen-bond acceptors (Lipinski definition) is 3. The first-order valence-electron chi connectivity index (χ1n) is 4.18. The Morgan fingerprint density at radius 2 is 1.86 bits per heavy atom. The third kappa shape index (κ3) is 3.70. The maximum atomic E-state index is 11.3. The van der Waals surface area contributed by atoms with Crippen LogP contribution in [0.2, 0.25) is 0 Å². The topological polar surface area (TPSA) is 46.5 Å². The van der Waals surface area contributed by atoms with E-state index in [1.807, 2.05) is 12.1 Å². The molecule has 0 saturated heterocycles. The van der Waals surface area contributed by atoms with Crippen molar-refractivity contribution in [2.75, 3.05) is 12.5 Å². The second-order valence-corrected chi connectivity index (χ2v) is 5.95. The predicted octanol–water partition coefficient (Wildman–Crippen LogP) is 1.73. The van der Waals surface area contributed by atoms with Crippen LogP contribution in [0.3, 0.4) is 0 Å². The van der Waals surface area contributed by atoms with Crippen LogP contribution in [0.15, 0.2) is 28.6 Å². The van der Waals surface area contributed by atoms with E-state index >= 15 is 0 Å². The normalized spacial score (nSPS) is 11.0. The van der Waals surface area contributed by atoms with Crippen LogP contribution in [0.1, 0.15) is 15.9 Å². The maximum Gasteiger partial charge on any atom is 0.150 e. The first kappa shape index (κ1) is 10.9. The van der Waals surface area contributed by atoms with Crippen LogP contribution < -0.4 is 0 Å². The van der Waals surface area contributed by atoms with Gasteiger partial charge < -0.3 is 0 Å². The van der Waals surface area contributed by atoms with Gasteiger partial charge in [0, 0.05) is 27.8 Å². The molecule has 0 saturated carbocycles. The molecule has 0 heterocycles. The Labute approximate surface area is 84.3 Å². The Bertz CT molecular complexity index is 420. The summed E-state index contributed by atoms with van der Waals surface area (Å²) >= 11 is 0. The van der Waals surface area contributed by atoms with E-state index < -0.39 is 9.73 Å².